The van der Waals surface area contributed by atoms with E-state index >= 15 is 0 Å². The second-order valence-electron chi connectivity index (χ2n) is 6.13. The summed E-state index contributed by atoms with van der Waals surface area (Å²) >= 11 is 0. The van der Waals surface area contributed by atoms with Crippen LogP contribution in [0.25, 0.3) is 0 Å². The van der Waals surface area contributed by atoms with Gasteiger partial charge in [0.05, 0.1) is 6.42 Å². The van der Waals surface area contributed by atoms with Gasteiger partial charge in [-0.2, -0.15) is 4.98 Å². The monoisotopic (exact) mass is 270 g/mol. The highest BCUT2D eigenvalue weighted by Gasteiger charge is 2.42. The number of hydrogen-bond acceptors (Lipinski definition) is 4. The zero-order chi connectivity index (χ0) is 13.5. The summed E-state index contributed by atoms with van der Waals surface area (Å²) < 4.78 is 5.37. The van der Waals surface area contributed by atoms with Crippen molar-refractivity contribution in [1.29, 1.82) is 0 Å². The molecule has 2 aliphatic rings. The van der Waals surface area contributed by atoms with E-state index in [4.69, 9.17) is 4.52 Å². The Bertz CT molecular complexity index is 622. The van der Waals surface area contributed by atoms with Gasteiger partial charge in [0.2, 0.25) is 5.89 Å². The summed E-state index contributed by atoms with van der Waals surface area (Å²) in [6, 6.07) is 7.29. The lowest BCUT2D eigenvalue weighted by Gasteiger charge is -2.17. The average Bonchev–Trinajstić information content (AvgIpc) is 3.16. The van der Waals surface area contributed by atoms with E-state index in [9.17, 15) is 5.11 Å². The van der Waals surface area contributed by atoms with Gasteiger partial charge in [-0.1, -0.05) is 29.8 Å². The molecular weight excluding hydrogens is 252 g/mol. The molecule has 3 atom stereocenters. The first kappa shape index (κ1) is 11.9. The van der Waals surface area contributed by atoms with Crippen molar-refractivity contribution in [3.63, 3.8) is 0 Å². The van der Waals surface area contributed by atoms with Gasteiger partial charge >= 0.3 is 0 Å². The zero-order valence-corrected chi connectivity index (χ0v) is 11.3. The third-order valence-electron chi connectivity index (χ3n) is 4.89. The van der Waals surface area contributed by atoms with Gasteiger partial charge in [0, 0.05) is 11.5 Å². The van der Waals surface area contributed by atoms with Gasteiger partial charge in [0.1, 0.15) is 5.75 Å². The average molecular weight is 270 g/mol. The fourth-order valence-corrected chi connectivity index (χ4v) is 3.87. The van der Waals surface area contributed by atoms with Crippen LogP contribution in [0.2, 0.25) is 0 Å². The van der Waals surface area contributed by atoms with Crippen LogP contribution in [-0.2, 0) is 6.42 Å². The molecule has 2 aromatic rings. The molecule has 2 aliphatic carbocycles. The fraction of sp³-hybridized carbons (Fsp3) is 0.500. The first-order valence-corrected chi connectivity index (χ1v) is 7.39. The van der Waals surface area contributed by atoms with Crippen LogP contribution >= 0.6 is 0 Å². The number of phenols is 1. The highest BCUT2D eigenvalue weighted by Crippen LogP contribution is 2.52. The van der Waals surface area contributed by atoms with Crippen LogP contribution in [0.15, 0.2) is 28.8 Å². The van der Waals surface area contributed by atoms with Crippen molar-refractivity contribution in [3.05, 3.63) is 41.5 Å². The number of para-hydroxylation sites is 1. The van der Waals surface area contributed by atoms with E-state index in [1.807, 2.05) is 18.2 Å². The van der Waals surface area contributed by atoms with Gasteiger partial charge in [0.15, 0.2) is 5.82 Å². The van der Waals surface area contributed by atoms with Crippen LogP contribution in [-0.4, -0.2) is 15.2 Å². The summed E-state index contributed by atoms with van der Waals surface area (Å²) in [5.41, 5.74) is 0.829. The Morgan fingerprint density at radius 2 is 2.10 bits per heavy atom. The fourth-order valence-electron chi connectivity index (χ4n) is 3.87. The van der Waals surface area contributed by atoms with E-state index < -0.39 is 0 Å². The topological polar surface area (TPSA) is 59.2 Å². The van der Waals surface area contributed by atoms with Crippen molar-refractivity contribution in [2.24, 2.45) is 11.8 Å². The molecule has 1 heterocycles. The lowest BCUT2D eigenvalue weighted by molar-refractivity contribution is 0.354. The Balaban J connectivity index is 1.52. The molecule has 4 heteroatoms. The van der Waals surface area contributed by atoms with Gasteiger partial charge in [-0.25, -0.2) is 0 Å². The number of hydrogen-bond donors (Lipinski definition) is 1. The third-order valence-corrected chi connectivity index (χ3v) is 4.89. The molecule has 104 valence electrons. The van der Waals surface area contributed by atoms with Crippen LogP contribution in [0.3, 0.4) is 0 Å². The van der Waals surface area contributed by atoms with Crippen molar-refractivity contribution < 1.29 is 9.63 Å². The number of phenolic OH excluding ortho intramolecular Hbond substituents is 1. The molecule has 0 amide bonds. The summed E-state index contributed by atoms with van der Waals surface area (Å²) in [5.74, 6) is 3.90. The van der Waals surface area contributed by atoms with E-state index in [0.29, 0.717) is 18.2 Å². The second-order valence-corrected chi connectivity index (χ2v) is 6.13. The van der Waals surface area contributed by atoms with Gasteiger partial charge in [-0.3, -0.25) is 0 Å². The Kier molecular flexibility index (Phi) is 2.76. The zero-order valence-electron chi connectivity index (χ0n) is 11.3. The van der Waals surface area contributed by atoms with Gasteiger partial charge in [-0.15, -0.1) is 0 Å². The summed E-state index contributed by atoms with van der Waals surface area (Å²) in [6.45, 7) is 0. The normalized spacial score (nSPS) is 28.1. The largest absolute Gasteiger partial charge is 0.508 e. The summed E-state index contributed by atoms with van der Waals surface area (Å²) in [5, 5.41) is 14.0. The predicted octanol–water partition coefficient (Wildman–Crippen LogP) is 3.27. The summed E-state index contributed by atoms with van der Waals surface area (Å²) in [4.78, 5) is 4.56. The number of aromatic hydroxyl groups is 1. The van der Waals surface area contributed by atoms with E-state index in [2.05, 4.69) is 10.1 Å². The Morgan fingerprint density at radius 3 is 2.85 bits per heavy atom. The SMILES string of the molecule is Oc1ccccc1Cc1nc(C2CC3CCC2C3)no1. The van der Waals surface area contributed by atoms with Gasteiger partial charge < -0.3 is 9.63 Å². The first-order chi connectivity index (χ1) is 9.79. The molecular formula is C16H18N2O2. The molecule has 1 aromatic heterocycles. The maximum atomic E-state index is 9.79. The Hall–Kier alpha value is -1.84. The standard InChI is InChI=1S/C16H18N2O2/c19-14-4-2-1-3-12(14)9-15-17-16(18-20-15)13-8-10-5-6-11(13)7-10/h1-4,10-11,13,19H,5-9H2. The number of fused-ring (bicyclic) bond motifs is 2. The molecule has 20 heavy (non-hydrogen) atoms. The van der Waals surface area contributed by atoms with E-state index in [1.165, 1.54) is 25.7 Å². The molecule has 3 unspecified atom stereocenters. The lowest BCUT2D eigenvalue weighted by Crippen LogP contribution is -2.10. The van der Waals surface area contributed by atoms with Crippen molar-refractivity contribution >= 4 is 0 Å². The number of aromatic nitrogens is 2. The van der Waals surface area contributed by atoms with Gasteiger partial charge in [0.25, 0.3) is 0 Å². The molecule has 0 radical (unpaired) electrons. The quantitative estimate of drug-likeness (QED) is 0.930. The van der Waals surface area contributed by atoms with Crippen LogP contribution in [0.5, 0.6) is 5.75 Å². The molecule has 1 aromatic carbocycles. The Labute approximate surface area is 117 Å². The van der Waals surface area contributed by atoms with E-state index in [-0.39, 0.29) is 5.75 Å². The minimum Gasteiger partial charge on any atom is -0.508 e. The van der Waals surface area contributed by atoms with Crippen molar-refractivity contribution in [2.75, 3.05) is 0 Å². The van der Waals surface area contributed by atoms with Crippen molar-refractivity contribution in [2.45, 2.75) is 38.0 Å². The summed E-state index contributed by atoms with van der Waals surface area (Å²) in [7, 11) is 0. The van der Waals surface area contributed by atoms with Crippen LogP contribution in [0.1, 0.15) is 48.9 Å². The number of nitrogens with zero attached hydrogens (tertiary/aromatic N) is 2. The van der Waals surface area contributed by atoms with Crippen LogP contribution in [0, 0.1) is 11.8 Å². The predicted molar refractivity (Wildman–Crippen MR) is 73.4 cm³/mol. The molecule has 2 fully saturated rings. The molecule has 0 spiro atoms. The minimum absolute atomic E-state index is 0.284. The first-order valence-electron chi connectivity index (χ1n) is 7.39. The molecule has 1 N–H and O–H groups in total. The van der Waals surface area contributed by atoms with Crippen molar-refractivity contribution in [1.82, 2.24) is 10.1 Å². The molecule has 4 nitrogen and oxygen atoms in total. The minimum atomic E-state index is 0.284. The third kappa shape index (κ3) is 1.99. The molecule has 0 saturated heterocycles. The van der Waals surface area contributed by atoms with Crippen LogP contribution in [0.4, 0.5) is 0 Å². The Morgan fingerprint density at radius 1 is 1.20 bits per heavy atom. The maximum absolute atomic E-state index is 9.79. The number of rotatable bonds is 3. The molecule has 4 rings (SSSR count). The lowest BCUT2D eigenvalue weighted by atomic mass is 9.88. The molecule has 2 bridgehead atoms. The molecule has 0 aliphatic heterocycles. The number of benzene rings is 1. The second kappa shape index (κ2) is 4.62. The van der Waals surface area contributed by atoms with E-state index in [0.717, 1.165) is 23.2 Å². The maximum Gasteiger partial charge on any atom is 0.231 e. The van der Waals surface area contributed by atoms with Crippen molar-refractivity contribution in [3.8, 4) is 5.75 Å². The molecule has 2 saturated carbocycles. The highest BCUT2D eigenvalue weighted by molar-refractivity contribution is 5.33. The van der Waals surface area contributed by atoms with Gasteiger partial charge in [-0.05, 0) is 37.2 Å². The van der Waals surface area contributed by atoms with Crippen LogP contribution < -0.4 is 0 Å². The van der Waals surface area contributed by atoms with E-state index in [1.54, 1.807) is 6.07 Å². The smallest absolute Gasteiger partial charge is 0.231 e. The highest BCUT2D eigenvalue weighted by atomic mass is 16.5. The summed E-state index contributed by atoms with van der Waals surface area (Å²) in [6.07, 6.45) is 5.76.